The fourth-order valence-corrected chi connectivity index (χ4v) is 1.88. The summed E-state index contributed by atoms with van der Waals surface area (Å²) >= 11 is 0. The van der Waals surface area contributed by atoms with Gasteiger partial charge >= 0.3 is 0 Å². The van der Waals surface area contributed by atoms with Crippen molar-refractivity contribution in [3.63, 3.8) is 0 Å². The molecular weight excluding hydrogens is 326 g/mol. The Morgan fingerprint density at radius 3 is 2.00 bits per heavy atom. The predicted octanol–water partition coefficient (Wildman–Crippen LogP) is 4.10. The molecule has 3 aromatic heterocycles. The van der Waals surface area contributed by atoms with Crippen LogP contribution in [0, 0.1) is 0 Å². The second-order valence-electron chi connectivity index (χ2n) is 5.26. The second kappa shape index (κ2) is 14.7. The molecular formula is C21H27N3O2. The van der Waals surface area contributed by atoms with Gasteiger partial charge in [-0.2, -0.15) is 0 Å². The molecule has 0 spiro atoms. The van der Waals surface area contributed by atoms with E-state index < -0.39 is 0 Å². The minimum atomic E-state index is 0.598. The topological polar surface area (TPSA) is 57.1 Å². The van der Waals surface area contributed by atoms with Crippen LogP contribution in [-0.4, -0.2) is 29.2 Å². The van der Waals surface area contributed by atoms with E-state index in [9.17, 15) is 0 Å². The molecule has 0 radical (unpaired) electrons. The van der Waals surface area contributed by atoms with Crippen molar-refractivity contribution in [2.45, 2.75) is 26.6 Å². The van der Waals surface area contributed by atoms with Crippen molar-refractivity contribution in [2.75, 3.05) is 14.2 Å². The zero-order valence-corrected chi connectivity index (χ0v) is 15.7. The molecule has 0 atom stereocenters. The molecule has 138 valence electrons. The van der Waals surface area contributed by atoms with E-state index in [0.717, 1.165) is 17.7 Å². The molecule has 3 rings (SSSR count). The van der Waals surface area contributed by atoms with Crippen molar-refractivity contribution in [1.29, 1.82) is 0 Å². The fourth-order valence-electron chi connectivity index (χ4n) is 1.88. The molecule has 3 aromatic rings. The summed E-state index contributed by atoms with van der Waals surface area (Å²) in [5.74, 6) is 0. The number of pyridine rings is 3. The van der Waals surface area contributed by atoms with Gasteiger partial charge in [0.1, 0.15) is 0 Å². The Hall–Kier alpha value is -2.63. The molecule has 0 saturated heterocycles. The van der Waals surface area contributed by atoms with Crippen molar-refractivity contribution in [1.82, 2.24) is 15.0 Å². The monoisotopic (exact) mass is 353 g/mol. The summed E-state index contributed by atoms with van der Waals surface area (Å²) in [5.41, 5.74) is 3.43. The second-order valence-corrected chi connectivity index (χ2v) is 5.26. The van der Waals surface area contributed by atoms with E-state index >= 15 is 0 Å². The molecule has 0 aliphatic rings. The summed E-state index contributed by atoms with van der Waals surface area (Å²) in [7, 11) is 3.34. The highest BCUT2D eigenvalue weighted by atomic mass is 16.5. The number of aromatic nitrogens is 3. The van der Waals surface area contributed by atoms with Crippen LogP contribution in [0.2, 0.25) is 0 Å². The van der Waals surface area contributed by atoms with Crippen molar-refractivity contribution >= 4 is 0 Å². The molecule has 0 fully saturated rings. The first-order valence-electron chi connectivity index (χ1n) is 8.45. The number of hydrogen-bond donors (Lipinski definition) is 0. The first-order chi connectivity index (χ1) is 12.8. The molecule has 0 aliphatic carbocycles. The molecule has 0 saturated carbocycles. The molecule has 3 heterocycles. The number of ether oxygens (including phenoxy) is 2. The quantitative estimate of drug-likeness (QED) is 0.691. The van der Waals surface area contributed by atoms with Gasteiger partial charge in [0.2, 0.25) is 0 Å². The summed E-state index contributed by atoms with van der Waals surface area (Å²) in [5, 5.41) is 0. The molecule has 0 bridgehead atoms. The van der Waals surface area contributed by atoms with E-state index in [1.165, 1.54) is 5.56 Å². The molecule has 5 heteroatoms. The van der Waals surface area contributed by atoms with E-state index in [0.29, 0.717) is 13.2 Å². The molecule has 26 heavy (non-hydrogen) atoms. The van der Waals surface area contributed by atoms with Gasteiger partial charge in [-0.3, -0.25) is 15.0 Å². The maximum absolute atomic E-state index is 4.90. The van der Waals surface area contributed by atoms with Crippen molar-refractivity contribution < 1.29 is 9.47 Å². The first-order valence-corrected chi connectivity index (χ1v) is 8.45. The lowest BCUT2D eigenvalue weighted by Crippen LogP contribution is -1.88. The largest absolute Gasteiger partial charge is 0.380 e. The van der Waals surface area contributed by atoms with Gasteiger partial charge in [0.25, 0.3) is 0 Å². The average Bonchev–Trinajstić information content (AvgIpc) is 2.72. The van der Waals surface area contributed by atoms with E-state index in [-0.39, 0.29) is 0 Å². The van der Waals surface area contributed by atoms with E-state index in [1.54, 1.807) is 39.0 Å². The van der Waals surface area contributed by atoms with Crippen LogP contribution < -0.4 is 0 Å². The van der Waals surface area contributed by atoms with Gasteiger partial charge < -0.3 is 9.47 Å². The lowest BCUT2D eigenvalue weighted by atomic mass is 10.2. The van der Waals surface area contributed by atoms with Gasteiger partial charge in [-0.05, 0) is 47.9 Å². The van der Waals surface area contributed by atoms with E-state index in [1.807, 2.05) is 42.6 Å². The van der Waals surface area contributed by atoms with Gasteiger partial charge in [0.15, 0.2) is 0 Å². The van der Waals surface area contributed by atoms with Crippen LogP contribution in [0.3, 0.4) is 0 Å². The minimum absolute atomic E-state index is 0.598. The van der Waals surface area contributed by atoms with Gasteiger partial charge in [-0.1, -0.05) is 19.1 Å². The predicted molar refractivity (Wildman–Crippen MR) is 104 cm³/mol. The van der Waals surface area contributed by atoms with Crippen molar-refractivity contribution in [2.24, 2.45) is 0 Å². The fraction of sp³-hybridized carbons (Fsp3) is 0.286. The lowest BCUT2D eigenvalue weighted by molar-refractivity contribution is 0.181. The van der Waals surface area contributed by atoms with Crippen LogP contribution >= 0.6 is 0 Å². The standard InChI is InChI=1S/2C7H9NO.C7H9N/c1-9-6-7-2-4-8-5-3-7;1-9-6-7-4-2-3-5-8-7;1-2-7-4-3-5-8-6-7/h2*2-5H,6H2,1H3;3-6H,2H2,1H3. The molecule has 0 aromatic carbocycles. The lowest BCUT2D eigenvalue weighted by Gasteiger charge is -1.94. The SMILES string of the molecule is CCc1cccnc1.COCc1ccccn1.COCc1ccncc1. The number of nitrogens with zero attached hydrogens (tertiary/aromatic N) is 3. The molecule has 0 unspecified atom stereocenters. The van der Waals surface area contributed by atoms with Crippen LogP contribution in [-0.2, 0) is 29.1 Å². The summed E-state index contributed by atoms with van der Waals surface area (Å²) in [4.78, 5) is 11.9. The normalized spacial score (nSPS) is 9.35. The average molecular weight is 353 g/mol. The third-order valence-electron chi connectivity index (χ3n) is 3.21. The van der Waals surface area contributed by atoms with Gasteiger partial charge in [-0.15, -0.1) is 0 Å². The Morgan fingerprint density at radius 1 is 0.731 bits per heavy atom. The number of aryl methyl sites for hydroxylation is 1. The van der Waals surface area contributed by atoms with Crippen LogP contribution in [0.5, 0.6) is 0 Å². The smallest absolute Gasteiger partial charge is 0.0884 e. The van der Waals surface area contributed by atoms with Crippen molar-refractivity contribution in [3.8, 4) is 0 Å². The van der Waals surface area contributed by atoms with Crippen LogP contribution in [0.1, 0.15) is 23.7 Å². The summed E-state index contributed by atoms with van der Waals surface area (Å²) in [6, 6.07) is 13.7. The highest BCUT2D eigenvalue weighted by Crippen LogP contribution is 1.96. The zero-order chi connectivity index (χ0) is 18.9. The molecule has 0 aliphatic heterocycles. The first kappa shape index (κ1) is 21.4. The van der Waals surface area contributed by atoms with Crippen LogP contribution in [0.25, 0.3) is 0 Å². The third kappa shape index (κ3) is 10.3. The highest BCUT2D eigenvalue weighted by Gasteiger charge is 1.86. The Kier molecular flexibility index (Phi) is 12.1. The number of rotatable bonds is 5. The Bertz CT molecular complexity index is 623. The van der Waals surface area contributed by atoms with E-state index in [2.05, 4.69) is 27.9 Å². The van der Waals surface area contributed by atoms with E-state index in [4.69, 9.17) is 9.47 Å². The molecule has 0 amide bonds. The van der Waals surface area contributed by atoms with Crippen molar-refractivity contribution in [3.05, 3.63) is 90.3 Å². The summed E-state index contributed by atoms with van der Waals surface area (Å²) in [6.07, 6.45) is 10.0. The van der Waals surface area contributed by atoms with Crippen LogP contribution in [0.15, 0.2) is 73.4 Å². The van der Waals surface area contributed by atoms with Gasteiger partial charge in [-0.25, -0.2) is 0 Å². The molecule has 5 nitrogen and oxygen atoms in total. The zero-order valence-electron chi connectivity index (χ0n) is 15.7. The van der Waals surface area contributed by atoms with Gasteiger partial charge in [0, 0.05) is 45.2 Å². The maximum Gasteiger partial charge on any atom is 0.0884 e. The summed E-state index contributed by atoms with van der Waals surface area (Å²) in [6.45, 7) is 3.39. The molecule has 0 N–H and O–H groups in total. The summed E-state index contributed by atoms with van der Waals surface area (Å²) < 4.78 is 9.77. The van der Waals surface area contributed by atoms with Crippen LogP contribution in [0.4, 0.5) is 0 Å². The Labute approximate surface area is 156 Å². The Morgan fingerprint density at radius 2 is 1.50 bits per heavy atom. The Balaban J connectivity index is 0.000000195. The number of methoxy groups -OCH3 is 2. The maximum atomic E-state index is 4.90. The minimum Gasteiger partial charge on any atom is -0.380 e. The number of hydrogen-bond acceptors (Lipinski definition) is 5. The van der Waals surface area contributed by atoms with Gasteiger partial charge in [0.05, 0.1) is 18.9 Å². The highest BCUT2D eigenvalue weighted by molar-refractivity contribution is 5.08. The third-order valence-corrected chi connectivity index (χ3v) is 3.21.